The predicted octanol–water partition coefficient (Wildman–Crippen LogP) is 5.49. The molecule has 1 fully saturated rings. The number of nitrogens with one attached hydrogen (secondary N) is 1. The molecule has 3 aromatic carbocycles. The number of carbonyl (C=O) groups is 1. The van der Waals surface area contributed by atoms with Crippen molar-refractivity contribution in [3.63, 3.8) is 0 Å². The normalized spacial score (nSPS) is 16.4. The molecule has 1 amide bonds. The van der Waals surface area contributed by atoms with Gasteiger partial charge in [0.25, 0.3) is 0 Å². The summed E-state index contributed by atoms with van der Waals surface area (Å²) in [6.45, 7) is 5.49. The predicted molar refractivity (Wildman–Crippen MR) is 161 cm³/mol. The third-order valence-electron chi connectivity index (χ3n) is 7.93. The Kier molecular flexibility index (Phi) is 7.89. The fourth-order valence-electron chi connectivity index (χ4n) is 5.46. The van der Waals surface area contributed by atoms with Crippen LogP contribution in [0.1, 0.15) is 34.7 Å². The largest absolute Gasteiger partial charge is 0.396 e. The summed E-state index contributed by atoms with van der Waals surface area (Å²) in [7, 11) is 0. The molecular weight excluding hydrogens is 520 g/mol. The number of allylic oxidation sites excluding steroid dienone is 1. The Morgan fingerprint density at radius 3 is 2.33 bits per heavy atom. The van der Waals surface area contributed by atoms with Gasteiger partial charge in [0.1, 0.15) is 6.04 Å². The van der Waals surface area contributed by atoms with Gasteiger partial charge in [0.15, 0.2) is 1.41 Å². The van der Waals surface area contributed by atoms with E-state index in [1.54, 1.807) is 4.90 Å². The Morgan fingerprint density at radius 1 is 1.05 bits per heavy atom. The van der Waals surface area contributed by atoms with Crippen molar-refractivity contribution in [2.45, 2.75) is 39.3 Å². The second-order valence-corrected chi connectivity index (χ2v) is 11.4. The first-order valence-corrected chi connectivity index (χ1v) is 14.3. The van der Waals surface area contributed by atoms with E-state index in [2.05, 4.69) is 73.0 Å². The van der Waals surface area contributed by atoms with Crippen LogP contribution in [0.2, 0.25) is 1.41 Å². The van der Waals surface area contributed by atoms with E-state index in [-0.39, 0.29) is 12.5 Å². The van der Waals surface area contributed by atoms with E-state index >= 15 is 0 Å². The number of carbonyl (C=O) groups excluding carboxylic acids is 1. The standard InChI is InChI=1S/C33H37ClN4O2/c1-24-10-14-26(15-11-24)7-5-6-18-37-28-8-3-4-9-29(28)38(32(37)35)30(19-27-16-12-25(2)13-17-27)31(40)36-21-33(20-34,22-36)23-39/h3-5,7-17,30,35,39H,6,18-23H2,1-2H3/b7-5?,35-32+. The molecule has 0 saturated carbocycles. The fraction of sp³-hybridized carbons (Fsp3) is 0.333. The molecule has 208 valence electrons. The summed E-state index contributed by atoms with van der Waals surface area (Å²) in [5.74, 6) is 0.239. The maximum Gasteiger partial charge on any atom is 0.246 e. The minimum Gasteiger partial charge on any atom is -0.396 e. The van der Waals surface area contributed by atoms with Gasteiger partial charge in [0, 0.05) is 37.4 Å². The summed E-state index contributed by atoms with van der Waals surface area (Å²) < 4.78 is 12.2. The number of benzene rings is 3. The number of aliphatic hydroxyl groups excluding tert-OH is 1. The van der Waals surface area contributed by atoms with Crippen LogP contribution in [0.4, 0.5) is 0 Å². The van der Waals surface area contributed by atoms with Crippen LogP contribution in [0.25, 0.3) is 17.1 Å². The van der Waals surface area contributed by atoms with Crippen molar-refractivity contribution in [2.24, 2.45) is 5.41 Å². The number of likely N-dealkylation sites (tertiary alicyclic amines) is 1. The zero-order valence-electron chi connectivity index (χ0n) is 24.1. The number of hydrogen-bond donors (Lipinski definition) is 2. The highest BCUT2D eigenvalue weighted by Gasteiger charge is 2.46. The first-order valence-electron chi connectivity index (χ1n) is 14.2. The van der Waals surface area contributed by atoms with Crippen LogP contribution < -0.4 is 5.62 Å². The Bertz CT molecular complexity index is 1590. The number of alkyl halides is 1. The molecule has 40 heavy (non-hydrogen) atoms. The molecule has 1 saturated heterocycles. The number of aryl methyl sites for hydroxylation is 3. The number of imidazole rings is 1. The van der Waals surface area contributed by atoms with Crippen LogP contribution in [-0.4, -0.2) is 50.6 Å². The molecule has 5 rings (SSSR count). The number of rotatable bonds is 10. The highest BCUT2D eigenvalue weighted by Crippen LogP contribution is 2.34. The summed E-state index contributed by atoms with van der Waals surface area (Å²) in [6, 6.07) is 23.9. The molecule has 1 atom stereocenters. The van der Waals surface area contributed by atoms with Gasteiger partial charge < -0.3 is 14.6 Å². The van der Waals surface area contributed by atoms with Crippen molar-refractivity contribution in [2.75, 3.05) is 25.6 Å². The van der Waals surface area contributed by atoms with Gasteiger partial charge in [0.05, 0.1) is 17.6 Å². The summed E-state index contributed by atoms with van der Waals surface area (Å²) in [5, 5.41) is 13.9. The second-order valence-electron chi connectivity index (χ2n) is 11.1. The molecule has 1 unspecified atom stereocenters. The first-order chi connectivity index (χ1) is 19.9. The number of para-hydroxylation sites is 2. The van der Waals surface area contributed by atoms with Crippen LogP contribution in [-0.2, 0) is 17.8 Å². The Balaban J connectivity index is 1.51. The zero-order chi connectivity index (χ0) is 29.0. The van der Waals surface area contributed by atoms with Gasteiger partial charge in [-0.1, -0.05) is 83.9 Å². The number of aliphatic hydroxyl groups is 1. The molecule has 0 aliphatic carbocycles. The number of amides is 1. The summed E-state index contributed by atoms with van der Waals surface area (Å²) in [6.07, 6.45) is 5.44. The molecule has 2 N–H and O–H groups in total. The van der Waals surface area contributed by atoms with E-state index in [4.69, 9.17) is 13.0 Å². The Morgan fingerprint density at radius 2 is 1.70 bits per heavy atom. The minimum atomic E-state index is -0.608. The van der Waals surface area contributed by atoms with Crippen LogP contribution in [0, 0.1) is 24.7 Å². The maximum absolute atomic E-state index is 14.1. The zero-order valence-corrected chi connectivity index (χ0v) is 23.9. The van der Waals surface area contributed by atoms with E-state index in [1.807, 2.05) is 40.3 Å². The van der Waals surface area contributed by atoms with Gasteiger partial charge in [-0.15, -0.1) is 11.6 Å². The smallest absolute Gasteiger partial charge is 0.246 e. The molecule has 0 radical (unpaired) electrons. The van der Waals surface area contributed by atoms with Crippen molar-refractivity contribution in [1.82, 2.24) is 14.0 Å². The van der Waals surface area contributed by atoms with Crippen molar-refractivity contribution in [1.29, 1.82) is 5.40 Å². The lowest BCUT2D eigenvalue weighted by molar-refractivity contribution is -0.148. The summed E-state index contributed by atoms with van der Waals surface area (Å²) >= 11 is 6.16. The highest BCUT2D eigenvalue weighted by molar-refractivity contribution is 6.18. The third kappa shape index (κ3) is 5.65. The van der Waals surface area contributed by atoms with E-state index in [9.17, 15) is 9.90 Å². The van der Waals surface area contributed by atoms with Crippen molar-refractivity contribution < 1.29 is 11.3 Å². The van der Waals surface area contributed by atoms with E-state index in [0.29, 0.717) is 37.6 Å². The summed E-state index contributed by atoms with van der Waals surface area (Å²) in [5.41, 5.74) is 6.31. The topological polar surface area (TPSA) is 74.2 Å². The van der Waals surface area contributed by atoms with Gasteiger partial charge in [0.2, 0.25) is 11.5 Å². The molecule has 7 heteroatoms. The molecule has 0 spiro atoms. The molecule has 0 bridgehead atoms. The minimum absolute atomic E-state index is 0.0568. The van der Waals surface area contributed by atoms with Gasteiger partial charge in [-0.05, 0) is 43.5 Å². The van der Waals surface area contributed by atoms with Gasteiger partial charge in [-0.2, -0.15) is 0 Å². The Hall–Kier alpha value is -3.61. The van der Waals surface area contributed by atoms with E-state index in [0.717, 1.165) is 34.1 Å². The molecular formula is C33H37ClN4O2. The third-order valence-corrected chi connectivity index (χ3v) is 8.49. The first kappa shape index (κ1) is 26.6. The lowest BCUT2D eigenvalue weighted by atomic mass is 9.82. The van der Waals surface area contributed by atoms with Crippen LogP contribution in [0.5, 0.6) is 0 Å². The Labute approximate surface area is 242 Å². The highest BCUT2D eigenvalue weighted by atomic mass is 35.5. The molecule has 1 aliphatic heterocycles. The van der Waals surface area contributed by atoms with Crippen molar-refractivity contribution in [3.05, 3.63) is 107 Å². The summed E-state index contributed by atoms with van der Waals surface area (Å²) in [4.78, 5) is 15.9. The number of hydrogen-bond acceptors (Lipinski definition) is 3. The number of halogens is 1. The van der Waals surface area contributed by atoms with Crippen molar-refractivity contribution in [3.8, 4) is 0 Å². The van der Waals surface area contributed by atoms with Crippen molar-refractivity contribution >= 4 is 34.6 Å². The molecule has 2 heterocycles. The van der Waals surface area contributed by atoms with E-state index in [1.165, 1.54) is 5.56 Å². The number of fused-ring (bicyclic) bond motifs is 1. The van der Waals surface area contributed by atoms with Gasteiger partial charge in [-0.3, -0.25) is 14.8 Å². The fourth-order valence-corrected chi connectivity index (χ4v) is 5.72. The number of aromatic nitrogens is 2. The molecule has 1 aliphatic rings. The lowest BCUT2D eigenvalue weighted by Gasteiger charge is -2.49. The average molecular weight is 557 g/mol. The SMILES string of the molecule is [H]/N=c1\n(CCC=Cc2ccc(C)cc2)c2ccccc2n1C(Cc1ccc(C)cc1)C(=O)N1CC(CO)(CCl)C1. The quantitative estimate of drug-likeness (QED) is 0.254. The lowest BCUT2D eigenvalue weighted by Crippen LogP contribution is -2.62. The monoisotopic (exact) mass is 556 g/mol. The van der Waals surface area contributed by atoms with Gasteiger partial charge in [-0.25, -0.2) is 0 Å². The average Bonchev–Trinajstić information content (AvgIpc) is 3.29. The molecule has 1 aromatic heterocycles. The van der Waals surface area contributed by atoms with Crippen LogP contribution >= 0.6 is 11.6 Å². The van der Waals surface area contributed by atoms with Gasteiger partial charge >= 0.3 is 0 Å². The van der Waals surface area contributed by atoms with Crippen LogP contribution in [0.3, 0.4) is 0 Å². The molecule has 6 nitrogen and oxygen atoms in total. The number of nitrogens with zero attached hydrogens (tertiary/aromatic N) is 3. The molecule has 4 aromatic rings. The van der Waals surface area contributed by atoms with Crippen LogP contribution in [0.15, 0.2) is 78.9 Å². The van der Waals surface area contributed by atoms with E-state index < -0.39 is 11.5 Å². The maximum atomic E-state index is 14.1. The second kappa shape index (κ2) is 11.9.